The van der Waals surface area contributed by atoms with Crippen molar-refractivity contribution in [2.45, 2.75) is 25.8 Å². The van der Waals surface area contributed by atoms with Crippen LogP contribution in [0.3, 0.4) is 0 Å². The second-order valence-corrected chi connectivity index (χ2v) is 7.88. The molecule has 0 spiro atoms. The zero-order chi connectivity index (χ0) is 14.8. The van der Waals surface area contributed by atoms with Crippen LogP contribution >= 0.6 is 0 Å². The van der Waals surface area contributed by atoms with E-state index in [9.17, 15) is 13.2 Å². The fraction of sp³-hybridized carbons (Fsp3) is 0.909. The third-order valence-corrected chi connectivity index (χ3v) is 4.93. The quantitative estimate of drug-likeness (QED) is 0.725. The molecule has 0 aliphatic carbocycles. The lowest BCUT2D eigenvalue weighted by molar-refractivity contribution is -0.133. The van der Waals surface area contributed by atoms with E-state index in [4.69, 9.17) is 5.73 Å². The van der Waals surface area contributed by atoms with E-state index in [1.807, 2.05) is 0 Å². The molecule has 0 unspecified atom stereocenters. The Balaban J connectivity index is 2.57. The lowest BCUT2D eigenvalue weighted by atomic mass is 10.0. The summed E-state index contributed by atoms with van der Waals surface area (Å²) in [4.78, 5) is 13.6. The lowest BCUT2D eigenvalue weighted by Gasteiger charge is -2.36. The van der Waals surface area contributed by atoms with E-state index in [-0.39, 0.29) is 12.3 Å². The number of nitrogens with two attached hydrogens (primary N) is 1. The van der Waals surface area contributed by atoms with E-state index in [1.165, 1.54) is 22.7 Å². The van der Waals surface area contributed by atoms with Crippen LogP contribution in [0, 0.1) is 0 Å². The van der Waals surface area contributed by atoms with E-state index in [0.717, 1.165) is 0 Å². The Bertz CT molecular complexity index is 420. The van der Waals surface area contributed by atoms with Crippen molar-refractivity contribution in [3.63, 3.8) is 0 Å². The summed E-state index contributed by atoms with van der Waals surface area (Å²) in [5.74, 6) is -0.0191. The molecule has 1 amide bonds. The molecule has 0 atom stereocenters. The number of carbonyl (C=O) groups excluding carboxylic acids is 1. The van der Waals surface area contributed by atoms with Gasteiger partial charge in [0.25, 0.3) is 10.2 Å². The SMILES string of the molecule is CN(C)S(=O)(=O)N1CCN(C(=O)CC(C)(C)N)CC1. The van der Waals surface area contributed by atoms with Gasteiger partial charge < -0.3 is 10.6 Å². The number of hydrogen-bond acceptors (Lipinski definition) is 4. The van der Waals surface area contributed by atoms with Gasteiger partial charge in [0.15, 0.2) is 0 Å². The number of carbonyl (C=O) groups is 1. The van der Waals surface area contributed by atoms with Crippen molar-refractivity contribution < 1.29 is 13.2 Å². The van der Waals surface area contributed by atoms with Gasteiger partial charge in [-0.3, -0.25) is 4.79 Å². The summed E-state index contributed by atoms with van der Waals surface area (Å²) in [5, 5.41) is 0. The Morgan fingerprint density at radius 3 is 2.05 bits per heavy atom. The maximum absolute atomic E-state index is 12.0. The topological polar surface area (TPSA) is 87.0 Å². The van der Waals surface area contributed by atoms with Crippen LogP contribution in [0.5, 0.6) is 0 Å². The van der Waals surface area contributed by atoms with E-state index >= 15 is 0 Å². The highest BCUT2D eigenvalue weighted by Gasteiger charge is 2.31. The molecule has 1 aliphatic rings. The van der Waals surface area contributed by atoms with Crippen LogP contribution < -0.4 is 5.73 Å². The summed E-state index contributed by atoms with van der Waals surface area (Å²) in [6.45, 7) is 5.10. The number of rotatable bonds is 4. The molecule has 0 bridgehead atoms. The predicted molar refractivity (Wildman–Crippen MR) is 73.6 cm³/mol. The molecule has 2 N–H and O–H groups in total. The van der Waals surface area contributed by atoms with E-state index in [0.29, 0.717) is 26.2 Å². The minimum atomic E-state index is -3.38. The Morgan fingerprint density at radius 2 is 1.68 bits per heavy atom. The van der Waals surface area contributed by atoms with Gasteiger partial charge in [-0.15, -0.1) is 0 Å². The van der Waals surface area contributed by atoms with Crippen molar-refractivity contribution in [2.75, 3.05) is 40.3 Å². The molecule has 112 valence electrons. The highest BCUT2D eigenvalue weighted by atomic mass is 32.2. The maximum atomic E-state index is 12.0. The molecule has 8 heteroatoms. The smallest absolute Gasteiger partial charge is 0.281 e. The molecule has 1 rings (SSSR count). The molecule has 7 nitrogen and oxygen atoms in total. The van der Waals surface area contributed by atoms with Gasteiger partial charge in [-0.05, 0) is 13.8 Å². The minimum Gasteiger partial charge on any atom is -0.340 e. The summed E-state index contributed by atoms with van der Waals surface area (Å²) in [7, 11) is -0.373. The molecular weight excluding hydrogens is 268 g/mol. The zero-order valence-corrected chi connectivity index (χ0v) is 12.9. The third kappa shape index (κ3) is 4.41. The van der Waals surface area contributed by atoms with Gasteiger partial charge in [-0.25, -0.2) is 0 Å². The minimum absolute atomic E-state index is 0.0191. The van der Waals surface area contributed by atoms with Crippen LogP contribution in [0.2, 0.25) is 0 Å². The molecule has 0 aromatic carbocycles. The van der Waals surface area contributed by atoms with Gasteiger partial charge in [0.05, 0.1) is 0 Å². The number of piperazine rings is 1. The Hall–Kier alpha value is -0.700. The van der Waals surface area contributed by atoms with Gasteiger partial charge in [0.2, 0.25) is 5.91 Å². The fourth-order valence-corrected chi connectivity index (χ4v) is 2.99. The summed E-state index contributed by atoms with van der Waals surface area (Å²) in [5.41, 5.74) is 5.28. The molecule has 0 radical (unpaired) electrons. The highest BCUT2D eigenvalue weighted by Crippen LogP contribution is 2.13. The van der Waals surface area contributed by atoms with Crippen LogP contribution in [0.1, 0.15) is 20.3 Å². The molecule has 19 heavy (non-hydrogen) atoms. The van der Waals surface area contributed by atoms with Gasteiger partial charge in [0.1, 0.15) is 0 Å². The van der Waals surface area contributed by atoms with Crippen molar-refractivity contribution in [2.24, 2.45) is 5.73 Å². The van der Waals surface area contributed by atoms with Gasteiger partial charge >= 0.3 is 0 Å². The molecule has 1 fully saturated rings. The largest absolute Gasteiger partial charge is 0.340 e. The molecule has 1 heterocycles. The van der Waals surface area contributed by atoms with Crippen LogP contribution in [0.15, 0.2) is 0 Å². The normalized spacial score (nSPS) is 18.9. The van der Waals surface area contributed by atoms with E-state index in [2.05, 4.69) is 0 Å². The van der Waals surface area contributed by atoms with Crippen LogP contribution in [0.25, 0.3) is 0 Å². The van der Waals surface area contributed by atoms with Crippen molar-refractivity contribution in [3.8, 4) is 0 Å². The molecule has 1 aliphatic heterocycles. The lowest BCUT2D eigenvalue weighted by Crippen LogP contribution is -2.54. The first-order valence-corrected chi connectivity index (χ1v) is 7.68. The zero-order valence-electron chi connectivity index (χ0n) is 12.1. The van der Waals surface area contributed by atoms with E-state index < -0.39 is 15.7 Å². The predicted octanol–water partition coefficient (Wildman–Crippen LogP) is -0.936. The second kappa shape index (κ2) is 5.74. The third-order valence-electron chi connectivity index (χ3n) is 2.99. The average Bonchev–Trinajstić information content (AvgIpc) is 2.26. The first kappa shape index (κ1) is 16.4. The van der Waals surface area contributed by atoms with Gasteiger partial charge in [0, 0.05) is 52.2 Å². The van der Waals surface area contributed by atoms with E-state index in [1.54, 1.807) is 18.7 Å². The number of hydrogen-bond donors (Lipinski definition) is 1. The Kier molecular flexibility index (Phi) is 4.94. The highest BCUT2D eigenvalue weighted by molar-refractivity contribution is 7.86. The fourth-order valence-electron chi connectivity index (χ4n) is 1.90. The Labute approximate surface area is 115 Å². The second-order valence-electron chi connectivity index (χ2n) is 5.74. The first-order chi connectivity index (χ1) is 8.54. The van der Waals surface area contributed by atoms with Crippen LogP contribution in [-0.4, -0.2) is 73.6 Å². The summed E-state index contributed by atoms with van der Waals surface area (Å²) in [6.07, 6.45) is 0.271. The molecular formula is C11H24N4O3S. The summed E-state index contributed by atoms with van der Waals surface area (Å²) < 4.78 is 26.4. The van der Waals surface area contributed by atoms with Crippen LogP contribution in [0.4, 0.5) is 0 Å². The van der Waals surface area contributed by atoms with Crippen molar-refractivity contribution in [3.05, 3.63) is 0 Å². The van der Waals surface area contributed by atoms with Crippen molar-refractivity contribution >= 4 is 16.1 Å². The Morgan fingerprint density at radius 1 is 1.21 bits per heavy atom. The molecule has 0 aromatic rings. The maximum Gasteiger partial charge on any atom is 0.281 e. The summed E-state index contributed by atoms with van der Waals surface area (Å²) in [6, 6.07) is 0. The summed E-state index contributed by atoms with van der Waals surface area (Å²) >= 11 is 0. The standard InChI is InChI=1S/C11H24N4O3S/c1-11(2,12)9-10(16)14-5-7-15(8-6-14)19(17,18)13(3)4/h5-9,12H2,1-4H3. The van der Waals surface area contributed by atoms with Gasteiger partial charge in [-0.2, -0.15) is 17.0 Å². The van der Waals surface area contributed by atoms with Crippen molar-refractivity contribution in [1.29, 1.82) is 0 Å². The monoisotopic (exact) mass is 292 g/mol. The first-order valence-electron chi connectivity index (χ1n) is 6.28. The molecule has 0 saturated carbocycles. The molecule has 1 saturated heterocycles. The van der Waals surface area contributed by atoms with Gasteiger partial charge in [-0.1, -0.05) is 0 Å². The van der Waals surface area contributed by atoms with Crippen LogP contribution in [-0.2, 0) is 15.0 Å². The number of amides is 1. The van der Waals surface area contributed by atoms with Crippen molar-refractivity contribution in [1.82, 2.24) is 13.5 Å². The molecule has 0 aromatic heterocycles. The average molecular weight is 292 g/mol. The number of nitrogens with zero attached hydrogens (tertiary/aromatic N) is 3.